The molecule has 0 fully saturated rings. The Kier molecular flexibility index (Phi) is 18.0. The van der Waals surface area contributed by atoms with Gasteiger partial charge in [0, 0.05) is 0 Å². The number of hydrogen-bond acceptors (Lipinski definition) is 2. The zero-order valence-corrected chi connectivity index (χ0v) is 37.5. The second-order valence-electron chi connectivity index (χ2n) is 16.5. The molecule has 8 aromatic rings. The standard InChI is InChI=1S/C16H18O.C15H16O.C15H16.C13H14/c1-13(2)15-8-10-16(11-9-15)17-12-14-6-4-3-5-7-14;1-12(2)13-8-10-15(11-9-13)16-14-6-4-3-5-7-14;1-12(2)13-8-10-15(11-9-13)14-6-4-3-5-7-14;1-10(2)12-8-7-11-5-3-4-6-13(11)9-12/h3-11,13H,12H2,1-2H3;3-12H,1-2H3;3-12H,1-2H3;3-10H,1-2H3. The Morgan fingerprint density at radius 2 is 0.689 bits per heavy atom. The molecule has 0 radical (unpaired) electrons. The van der Waals surface area contributed by atoms with Gasteiger partial charge >= 0.3 is 0 Å². The van der Waals surface area contributed by atoms with E-state index in [1.807, 2.05) is 78.9 Å². The highest BCUT2D eigenvalue weighted by Gasteiger charge is 2.03. The van der Waals surface area contributed by atoms with Crippen LogP contribution in [0.1, 0.15) is 107 Å². The molecule has 0 aliphatic heterocycles. The van der Waals surface area contributed by atoms with Crippen LogP contribution in [0.15, 0.2) is 206 Å². The molecule has 8 rings (SSSR count). The van der Waals surface area contributed by atoms with E-state index in [1.165, 1.54) is 49.7 Å². The van der Waals surface area contributed by atoms with E-state index in [1.54, 1.807) is 0 Å². The van der Waals surface area contributed by atoms with Gasteiger partial charge in [0.15, 0.2) is 0 Å². The first-order valence-corrected chi connectivity index (χ1v) is 21.8. The highest BCUT2D eigenvalue weighted by molar-refractivity contribution is 5.83. The molecule has 0 saturated heterocycles. The van der Waals surface area contributed by atoms with Crippen molar-refractivity contribution < 1.29 is 9.47 Å². The fourth-order valence-electron chi connectivity index (χ4n) is 6.49. The lowest BCUT2D eigenvalue weighted by molar-refractivity contribution is 0.306. The van der Waals surface area contributed by atoms with Gasteiger partial charge < -0.3 is 9.47 Å². The number of para-hydroxylation sites is 1. The third-order valence-corrected chi connectivity index (χ3v) is 10.4. The summed E-state index contributed by atoms with van der Waals surface area (Å²) in [6.45, 7) is 18.3. The predicted octanol–water partition coefficient (Wildman–Crippen LogP) is 17.4. The number of fused-ring (bicyclic) bond motifs is 1. The third kappa shape index (κ3) is 15.3. The summed E-state index contributed by atoms with van der Waals surface area (Å²) in [5.74, 6) is 5.04. The second-order valence-corrected chi connectivity index (χ2v) is 16.5. The molecular formula is C59H64O2. The minimum Gasteiger partial charge on any atom is -0.489 e. The van der Waals surface area contributed by atoms with Gasteiger partial charge in [-0.25, -0.2) is 0 Å². The van der Waals surface area contributed by atoms with Gasteiger partial charge in [0.05, 0.1) is 0 Å². The van der Waals surface area contributed by atoms with Crippen LogP contribution in [-0.4, -0.2) is 0 Å². The maximum Gasteiger partial charge on any atom is 0.127 e. The van der Waals surface area contributed by atoms with Crippen LogP contribution in [0, 0.1) is 0 Å². The normalized spacial score (nSPS) is 10.6. The van der Waals surface area contributed by atoms with E-state index >= 15 is 0 Å². The van der Waals surface area contributed by atoms with E-state index in [0.717, 1.165) is 17.2 Å². The van der Waals surface area contributed by atoms with Crippen LogP contribution in [0.25, 0.3) is 21.9 Å². The Labute approximate surface area is 366 Å². The largest absolute Gasteiger partial charge is 0.489 e. The molecule has 61 heavy (non-hydrogen) atoms. The highest BCUT2D eigenvalue weighted by Crippen LogP contribution is 2.25. The van der Waals surface area contributed by atoms with Gasteiger partial charge in [-0.2, -0.15) is 0 Å². The summed E-state index contributed by atoms with van der Waals surface area (Å²) in [6.07, 6.45) is 0. The van der Waals surface area contributed by atoms with Crippen molar-refractivity contribution in [1.82, 2.24) is 0 Å². The van der Waals surface area contributed by atoms with Gasteiger partial charge in [-0.05, 0) is 110 Å². The molecule has 0 N–H and O–H groups in total. The van der Waals surface area contributed by atoms with Gasteiger partial charge in [0.1, 0.15) is 23.9 Å². The van der Waals surface area contributed by atoms with Crippen LogP contribution in [0.3, 0.4) is 0 Å². The second kappa shape index (κ2) is 24.0. The van der Waals surface area contributed by atoms with Crippen LogP contribution < -0.4 is 9.47 Å². The van der Waals surface area contributed by atoms with E-state index in [2.05, 4.69) is 183 Å². The maximum absolute atomic E-state index is 5.73. The molecule has 0 amide bonds. The van der Waals surface area contributed by atoms with Gasteiger partial charge in [-0.1, -0.05) is 225 Å². The first-order chi connectivity index (χ1) is 29.5. The summed E-state index contributed by atoms with van der Waals surface area (Å²) in [5, 5.41) is 2.67. The zero-order chi connectivity index (χ0) is 43.4. The molecule has 0 heterocycles. The summed E-state index contributed by atoms with van der Waals surface area (Å²) in [5.41, 5.74) is 9.26. The van der Waals surface area contributed by atoms with Crippen molar-refractivity contribution in [3.05, 3.63) is 234 Å². The lowest BCUT2D eigenvalue weighted by Crippen LogP contribution is -1.95. The van der Waals surface area contributed by atoms with Gasteiger partial charge in [-0.3, -0.25) is 0 Å². The van der Waals surface area contributed by atoms with Crippen LogP contribution in [0.2, 0.25) is 0 Å². The molecule has 2 nitrogen and oxygen atoms in total. The van der Waals surface area contributed by atoms with Crippen molar-refractivity contribution >= 4 is 10.8 Å². The van der Waals surface area contributed by atoms with Crippen molar-refractivity contribution in [1.29, 1.82) is 0 Å². The van der Waals surface area contributed by atoms with Gasteiger partial charge in [-0.15, -0.1) is 0 Å². The summed E-state index contributed by atoms with van der Waals surface area (Å²) in [4.78, 5) is 0. The molecule has 0 aliphatic rings. The zero-order valence-electron chi connectivity index (χ0n) is 37.5. The summed E-state index contributed by atoms with van der Waals surface area (Å²) < 4.78 is 11.4. The van der Waals surface area contributed by atoms with E-state index in [0.29, 0.717) is 30.3 Å². The van der Waals surface area contributed by atoms with E-state index in [-0.39, 0.29) is 0 Å². The minimum absolute atomic E-state index is 0.561. The van der Waals surface area contributed by atoms with Crippen molar-refractivity contribution in [3.8, 4) is 28.4 Å². The summed E-state index contributed by atoms with van der Waals surface area (Å²) in [6, 6.07) is 71.1. The van der Waals surface area contributed by atoms with Crippen LogP contribution in [0.4, 0.5) is 0 Å². The predicted molar refractivity (Wildman–Crippen MR) is 262 cm³/mol. The molecule has 2 heteroatoms. The summed E-state index contributed by atoms with van der Waals surface area (Å²) >= 11 is 0. The lowest BCUT2D eigenvalue weighted by Gasteiger charge is -2.08. The Morgan fingerprint density at radius 3 is 1.20 bits per heavy atom. The maximum atomic E-state index is 5.73. The molecule has 0 atom stereocenters. The molecule has 0 spiro atoms. The lowest BCUT2D eigenvalue weighted by atomic mass is 9.99. The summed E-state index contributed by atoms with van der Waals surface area (Å²) in [7, 11) is 0. The van der Waals surface area contributed by atoms with E-state index in [4.69, 9.17) is 9.47 Å². The molecule has 8 aromatic carbocycles. The third-order valence-electron chi connectivity index (χ3n) is 10.4. The SMILES string of the molecule is CC(C)c1ccc(-c2ccccc2)cc1.CC(C)c1ccc(OCc2ccccc2)cc1.CC(C)c1ccc(Oc2ccccc2)cc1.CC(C)c1ccc2ccccc2c1. The monoisotopic (exact) mass is 804 g/mol. The van der Waals surface area contributed by atoms with Crippen LogP contribution >= 0.6 is 0 Å². The quantitative estimate of drug-likeness (QED) is 0.137. The van der Waals surface area contributed by atoms with E-state index in [9.17, 15) is 0 Å². The molecule has 0 bridgehead atoms. The average Bonchev–Trinajstić information content (AvgIpc) is 3.30. The van der Waals surface area contributed by atoms with Crippen molar-refractivity contribution in [2.45, 2.75) is 85.7 Å². The Hall–Kier alpha value is -6.38. The number of rotatable bonds is 10. The van der Waals surface area contributed by atoms with Gasteiger partial charge in [0.25, 0.3) is 0 Å². The molecule has 312 valence electrons. The van der Waals surface area contributed by atoms with Crippen LogP contribution in [0.5, 0.6) is 17.2 Å². The molecule has 0 unspecified atom stereocenters. The van der Waals surface area contributed by atoms with Crippen molar-refractivity contribution in [2.75, 3.05) is 0 Å². The molecule has 0 aliphatic carbocycles. The number of benzene rings is 8. The van der Waals surface area contributed by atoms with Gasteiger partial charge in [0.2, 0.25) is 0 Å². The highest BCUT2D eigenvalue weighted by atomic mass is 16.5. The first-order valence-electron chi connectivity index (χ1n) is 21.8. The Balaban J connectivity index is 0.000000155. The minimum atomic E-state index is 0.561. The van der Waals surface area contributed by atoms with E-state index < -0.39 is 0 Å². The average molecular weight is 805 g/mol. The first kappa shape index (κ1) is 45.7. The molecule has 0 saturated carbocycles. The number of ether oxygens (including phenoxy) is 2. The van der Waals surface area contributed by atoms with Crippen LogP contribution in [-0.2, 0) is 6.61 Å². The molecule has 0 aromatic heterocycles. The van der Waals surface area contributed by atoms with Crippen molar-refractivity contribution in [3.63, 3.8) is 0 Å². The fourth-order valence-corrected chi connectivity index (χ4v) is 6.49. The molecular weight excluding hydrogens is 741 g/mol. The van der Waals surface area contributed by atoms with Crippen molar-refractivity contribution in [2.24, 2.45) is 0 Å². The Bertz CT molecular complexity index is 2400. The fraction of sp³-hybridized carbons (Fsp3) is 0.220. The smallest absolute Gasteiger partial charge is 0.127 e. The Morgan fingerprint density at radius 1 is 0.311 bits per heavy atom. The topological polar surface area (TPSA) is 18.5 Å². The number of hydrogen-bond donors (Lipinski definition) is 0.